The van der Waals surface area contributed by atoms with Crippen molar-refractivity contribution in [1.82, 2.24) is 0 Å². The summed E-state index contributed by atoms with van der Waals surface area (Å²) >= 11 is 6.09. The molecule has 19 heavy (non-hydrogen) atoms. The maximum Gasteiger partial charge on any atom is 0.119 e. The molecule has 100 valence electrons. The van der Waals surface area contributed by atoms with Crippen molar-refractivity contribution >= 4 is 17.3 Å². The van der Waals surface area contributed by atoms with Crippen molar-refractivity contribution in [1.29, 1.82) is 0 Å². The van der Waals surface area contributed by atoms with Crippen LogP contribution in [0.4, 0.5) is 5.69 Å². The maximum absolute atomic E-state index is 6.09. The number of aryl methyl sites for hydroxylation is 1. The Morgan fingerprint density at radius 3 is 2.53 bits per heavy atom. The highest BCUT2D eigenvalue weighted by molar-refractivity contribution is 6.31. The Kier molecular flexibility index (Phi) is 4.69. The van der Waals surface area contributed by atoms with E-state index >= 15 is 0 Å². The van der Waals surface area contributed by atoms with Crippen molar-refractivity contribution in [2.75, 3.05) is 5.73 Å². The van der Waals surface area contributed by atoms with E-state index in [9.17, 15) is 0 Å². The molecule has 0 unspecified atom stereocenters. The topological polar surface area (TPSA) is 35.2 Å². The van der Waals surface area contributed by atoms with E-state index in [4.69, 9.17) is 22.1 Å². The van der Waals surface area contributed by atoms with Gasteiger partial charge in [-0.05, 0) is 42.3 Å². The second-order valence-electron chi connectivity index (χ2n) is 4.53. The van der Waals surface area contributed by atoms with E-state index in [-0.39, 0.29) is 0 Å². The first-order valence-electron chi connectivity index (χ1n) is 6.44. The molecule has 0 spiro atoms. The molecule has 2 aromatic carbocycles. The zero-order valence-corrected chi connectivity index (χ0v) is 11.8. The Bertz CT molecular complexity index is 537. The van der Waals surface area contributed by atoms with Crippen molar-refractivity contribution in [2.24, 2.45) is 0 Å². The quantitative estimate of drug-likeness (QED) is 0.818. The molecule has 0 fully saturated rings. The van der Waals surface area contributed by atoms with Gasteiger partial charge in [0.2, 0.25) is 0 Å². The molecule has 2 rings (SSSR count). The van der Waals surface area contributed by atoms with Gasteiger partial charge < -0.3 is 10.5 Å². The first-order chi connectivity index (χ1) is 9.19. The minimum Gasteiger partial charge on any atom is -0.489 e. The SMILES string of the molecule is CCCc1ccc(OCc2cc(N)ccc2Cl)cc1. The smallest absolute Gasteiger partial charge is 0.119 e. The Balaban J connectivity index is 2.00. The lowest BCUT2D eigenvalue weighted by Gasteiger charge is -2.09. The van der Waals surface area contributed by atoms with Crippen LogP contribution in [0.2, 0.25) is 5.02 Å². The van der Waals surface area contributed by atoms with Gasteiger partial charge in [0.15, 0.2) is 0 Å². The predicted octanol–water partition coefficient (Wildman–Crippen LogP) is 4.45. The van der Waals surface area contributed by atoms with Crippen molar-refractivity contribution < 1.29 is 4.74 Å². The van der Waals surface area contributed by atoms with Crippen LogP contribution in [0.15, 0.2) is 42.5 Å². The fraction of sp³-hybridized carbons (Fsp3) is 0.250. The van der Waals surface area contributed by atoms with Gasteiger partial charge in [0.05, 0.1) is 0 Å². The van der Waals surface area contributed by atoms with E-state index in [1.807, 2.05) is 18.2 Å². The molecule has 0 amide bonds. The van der Waals surface area contributed by atoms with E-state index in [2.05, 4.69) is 19.1 Å². The number of ether oxygens (including phenoxy) is 1. The second kappa shape index (κ2) is 6.48. The van der Waals surface area contributed by atoms with Crippen LogP contribution in [0.5, 0.6) is 5.75 Å². The molecule has 0 saturated carbocycles. The number of rotatable bonds is 5. The van der Waals surface area contributed by atoms with Gasteiger partial charge in [-0.2, -0.15) is 0 Å². The molecule has 0 aliphatic carbocycles. The molecule has 0 aliphatic rings. The number of benzene rings is 2. The van der Waals surface area contributed by atoms with Gasteiger partial charge in [0.1, 0.15) is 12.4 Å². The Hall–Kier alpha value is -1.67. The van der Waals surface area contributed by atoms with Crippen LogP contribution in [0.1, 0.15) is 24.5 Å². The molecule has 0 aromatic heterocycles. The fourth-order valence-electron chi connectivity index (χ4n) is 1.91. The van der Waals surface area contributed by atoms with Gasteiger partial charge in [-0.3, -0.25) is 0 Å². The Morgan fingerprint density at radius 1 is 1.11 bits per heavy atom. The lowest BCUT2D eigenvalue weighted by Crippen LogP contribution is -1.98. The van der Waals surface area contributed by atoms with Crippen LogP contribution in [0, 0.1) is 0 Å². The molecular weight excluding hydrogens is 258 g/mol. The van der Waals surface area contributed by atoms with Crippen LogP contribution < -0.4 is 10.5 Å². The summed E-state index contributed by atoms with van der Waals surface area (Å²) in [4.78, 5) is 0. The highest BCUT2D eigenvalue weighted by Crippen LogP contribution is 2.21. The van der Waals surface area contributed by atoms with E-state index < -0.39 is 0 Å². The van der Waals surface area contributed by atoms with Crippen molar-refractivity contribution in [3.63, 3.8) is 0 Å². The third-order valence-electron chi connectivity index (χ3n) is 2.93. The van der Waals surface area contributed by atoms with Crippen LogP contribution in [0.3, 0.4) is 0 Å². The van der Waals surface area contributed by atoms with Crippen LogP contribution in [0.25, 0.3) is 0 Å². The van der Waals surface area contributed by atoms with Crippen molar-refractivity contribution in [2.45, 2.75) is 26.4 Å². The van der Waals surface area contributed by atoms with Gasteiger partial charge in [0.25, 0.3) is 0 Å². The number of halogens is 1. The number of anilines is 1. The summed E-state index contributed by atoms with van der Waals surface area (Å²) < 4.78 is 5.72. The van der Waals surface area contributed by atoms with E-state index in [0.717, 1.165) is 24.2 Å². The zero-order chi connectivity index (χ0) is 13.7. The molecule has 0 atom stereocenters. The summed E-state index contributed by atoms with van der Waals surface area (Å²) in [5.74, 6) is 0.846. The van der Waals surface area contributed by atoms with E-state index in [1.54, 1.807) is 12.1 Å². The largest absolute Gasteiger partial charge is 0.489 e. The summed E-state index contributed by atoms with van der Waals surface area (Å²) in [7, 11) is 0. The lowest BCUT2D eigenvalue weighted by atomic mass is 10.1. The van der Waals surface area contributed by atoms with Gasteiger partial charge in [-0.1, -0.05) is 37.1 Å². The zero-order valence-electron chi connectivity index (χ0n) is 11.0. The molecule has 0 bridgehead atoms. The van der Waals surface area contributed by atoms with Gasteiger partial charge in [-0.15, -0.1) is 0 Å². The van der Waals surface area contributed by atoms with Gasteiger partial charge in [0, 0.05) is 16.3 Å². The molecule has 0 aliphatic heterocycles. The first kappa shape index (κ1) is 13.8. The normalized spacial score (nSPS) is 10.4. The highest BCUT2D eigenvalue weighted by atomic mass is 35.5. The fourth-order valence-corrected chi connectivity index (χ4v) is 2.08. The summed E-state index contributed by atoms with van der Waals surface area (Å²) in [6.07, 6.45) is 2.25. The van der Waals surface area contributed by atoms with Crippen molar-refractivity contribution in [3.05, 3.63) is 58.6 Å². The van der Waals surface area contributed by atoms with E-state index in [0.29, 0.717) is 17.3 Å². The number of nitrogens with two attached hydrogens (primary N) is 1. The lowest BCUT2D eigenvalue weighted by molar-refractivity contribution is 0.306. The second-order valence-corrected chi connectivity index (χ2v) is 4.94. The summed E-state index contributed by atoms with van der Waals surface area (Å²) in [5.41, 5.74) is 8.66. The summed E-state index contributed by atoms with van der Waals surface area (Å²) in [6, 6.07) is 13.6. The maximum atomic E-state index is 6.09. The standard InChI is InChI=1S/C16H18ClNO/c1-2-3-12-4-7-15(8-5-12)19-11-13-10-14(18)6-9-16(13)17/h4-10H,2-3,11,18H2,1H3. The Labute approximate surface area is 119 Å². The molecule has 2 nitrogen and oxygen atoms in total. The number of hydrogen-bond donors (Lipinski definition) is 1. The summed E-state index contributed by atoms with van der Waals surface area (Å²) in [6.45, 7) is 2.60. The molecule has 2 N–H and O–H groups in total. The van der Waals surface area contributed by atoms with Crippen LogP contribution in [-0.2, 0) is 13.0 Å². The van der Waals surface area contributed by atoms with Gasteiger partial charge >= 0.3 is 0 Å². The summed E-state index contributed by atoms with van der Waals surface area (Å²) in [5, 5.41) is 0.678. The van der Waals surface area contributed by atoms with Gasteiger partial charge in [-0.25, -0.2) is 0 Å². The molecule has 3 heteroatoms. The van der Waals surface area contributed by atoms with Crippen LogP contribution >= 0.6 is 11.6 Å². The monoisotopic (exact) mass is 275 g/mol. The first-order valence-corrected chi connectivity index (χ1v) is 6.82. The molecule has 0 heterocycles. The molecular formula is C16H18ClNO. The Morgan fingerprint density at radius 2 is 1.84 bits per heavy atom. The van der Waals surface area contributed by atoms with Crippen LogP contribution in [-0.4, -0.2) is 0 Å². The third kappa shape index (κ3) is 3.90. The number of hydrogen-bond acceptors (Lipinski definition) is 2. The van der Waals surface area contributed by atoms with Crippen molar-refractivity contribution in [3.8, 4) is 5.75 Å². The minimum absolute atomic E-state index is 0.428. The highest BCUT2D eigenvalue weighted by Gasteiger charge is 2.02. The predicted molar refractivity (Wildman–Crippen MR) is 80.6 cm³/mol. The number of nitrogen functional groups attached to an aromatic ring is 1. The average Bonchev–Trinajstić information content (AvgIpc) is 2.42. The molecule has 0 radical (unpaired) electrons. The molecule has 0 saturated heterocycles. The average molecular weight is 276 g/mol. The van der Waals surface area contributed by atoms with E-state index in [1.165, 1.54) is 5.56 Å². The molecule has 2 aromatic rings. The minimum atomic E-state index is 0.428. The third-order valence-corrected chi connectivity index (χ3v) is 3.29.